The Morgan fingerprint density at radius 2 is 1.85 bits per heavy atom. The predicted octanol–water partition coefficient (Wildman–Crippen LogP) is 4.00. The molecule has 0 amide bonds. The van der Waals surface area contributed by atoms with Gasteiger partial charge in [0.05, 0.1) is 13.2 Å². The maximum absolute atomic E-state index is 13.2. The van der Waals surface area contributed by atoms with E-state index in [0.29, 0.717) is 43.3 Å². The SMILES string of the molecule is CCOC(=O)[C@@H]1CCCCN1.CCOC(=O)[C@@H]1CCCCN1c1nc2cc(F)ccc2o1.Cl. The van der Waals surface area contributed by atoms with Crippen molar-refractivity contribution in [3.8, 4) is 0 Å². The molecule has 0 unspecified atom stereocenters. The van der Waals surface area contributed by atoms with Gasteiger partial charge in [0.25, 0.3) is 6.01 Å². The van der Waals surface area contributed by atoms with Crippen LogP contribution in [-0.4, -0.2) is 55.3 Å². The summed E-state index contributed by atoms with van der Waals surface area (Å²) in [5, 5.41) is 3.13. The molecule has 2 saturated heterocycles. The lowest BCUT2D eigenvalue weighted by Crippen LogP contribution is -2.45. The number of oxazole rings is 1. The Bertz CT molecular complexity index is 903. The van der Waals surface area contributed by atoms with Crippen LogP contribution in [0.4, 0.5) is 10.4 Å². The van der Waals surface area contributed by atoms with Crippen molar-refractivity contribution in [2.45, 2.75) is 64.5 Å². The number of halogens is 2. The van der Waals surface area contributed by atoms with Gasteiger partial charge in [-0.1, -0.05) is 6.42 Å². The minimum absolute atomic E-state index is 0. The first-order chi connectivity index (χ1) is 15.5. The molecule has 0 bridgehead atoms. The van der Waals surface area contributed by atoms with E-state index >= 15 is 0 Å². The first kappa shape index (κ1) is 26.9. The number of anilines is 1. The average molecular weight is 486 g/mol. The van der Waals surface area contributed by atoms with Crippen molar-refractivity contribution in [2.75, 3.05) is 31.2 Å². The van der Waals surface area contributed by atoms with Crippen molar-refractivity contribution in [3.63, 3.8) is 0 Å². The molecular weight excluding hydrogens is 453 g/mol. The Morgan fingerprint density at radius 1 is 1.12 bits per heavy atom. The van der Waals surface area contributed by atoms with Crippen molar-refractivity contribution in [2.24, 2.45) is 0 Å². The Labute approximate surface area is 199 Å². The van der Waals surface area contributed by atoms with Crippen molar-refractivity contribution in [1.29, 1.82) is 0 Å². The Balaban J connectivity index is 0.000000274. The van der Waals surface area contributed by atoms with E-state index in [9.17, 15) is 14.0 Å². The molecular formula is C23H33ClFN3O5. The number of esters is 2. The van der Waals surface area contributed by atoms with Gasteiger partial charge in [-0.25, -0.2) is 9.18 Å². The average Bonchev–Trinajstić information content (AvgIpc) is 3.23. The summed E-state index contributed by atoms with van der Waals surface area (Å²) in [4.78, 5) is 29.3. The highest BCUT2D eigenvalue weighted by atomic mass is 35.5. The topological polar surface area (TPSA) is 93.9 Å². The highest BCUT2D eigenvalue weighted by Gasteiger charge is 2.32. The van der Waals surface area contributed by atoms with Gasteiger partial charge in [-0.2, -0.15) is 4.98 Å². The van der Waals surface area contributed by atoms with Crippen LogP contribution >= 0.6 is 12.4 Å². The molecule has 2 fully saturated rings. The molecule has 184 valence electrons. The Kier molecular flexibility index (Phi) is 10.9. The molecule has 33 heavy (non-hydrogen) atoms. The molecule has 10 heteroatoms. The summed E-state index contributed by atoms with van der Waals surface area (Å²) in [5.41, 5.74) is 0.970. The second-order valence-electron chi connectivity index (χ2n) is 7.82. The number of carbonyl (C=O) groups is 2. The first-order valence-electron chi connectivity index (χ1n) is 11.4. The normalized spacial score (nSPS) is 20.3. The zero-order chi connectivity index (χ0) is 22.9. The van der Waals surface area contributed by atoms with Gasteiger partial charge >= 0.3 is 11.9 Å². The fourth-order valence-electron chi connectivity index (χ4n) is 3.95. The van der Waals surface area contributed by atoms with Crippen LogP contribution in [0.3, 0.4) is 0 Å². The number of rotatable bonds is 5. The summed E-state index contributed by atoms with van der Waals surface area (Å²) in [7, 11) is 0. The zero-order valence-corrected chi connectivity index (χ0v) is 20.0. The van der Waals surface area contributed by atoms with Crippen molar-refractivity contribution in [1.82, 2.24) is 10.3 Å². The van der Waals surface area contributed by atoms with Gasteiger partial charge in [0, 0.05) is 12.6 Å². The molecule has 2 aliphatic heterocycles. The van der Waals surface area contributed by atoms with Gasteiger partial charge in [-0.05, 0) is 64.6 Å². The van der Waals surface area contributed by atoms with Gasteiger partial charge < -0.3 is 24.1 Å². The number of aromatic nitrogens is 1. The minimum Gasteiger partial charge on any atom is -0.465 e. The highest BCUT2D eigenvalue weighted by molar-refractivity contribution is 5.85. The summed E-state index contributed by atoms with van der Waals surface area (Å²) in [6.45, 7) is 6.08. The lowest BCUT2D eigenvalue weighted by Gasteiger charge is -2.32. The van der Waals surface area contributed by atoms with E-state index in [2.05, 4.69) is 10.3 Å². The third-order valence-corrected chi connectivity index (χ3v) is 5.53. The molecule has 0 aliphatic carbocycles. The number of hydrogen-bond acceptors (Lipinski definition) is 8. The summed E-state index contributed by atoms with van der Waals surface area (Å²) >= 11 is 0. The molecule has 3 heterocycles. The molecule has 4 rings (SSSR count). The van der Waals surface area contributed by atoms with E-state index < -0.39 is 0 Å². The summed E-state index contributed by atoms with van der Waals surface area (Å²) < 4.78 is 28.9. The van der Waals surface area contributed by atoms with Gasteiger partial charge in [0.1, 0.15) is 23.4 Å². The smallest absolute Gasteiger partial charge is 0.328 e. The molecule has 0 spiro atoms. The molecule has 2 aliphatic rings. The Hall–Kier alpha value is -2.39. The third-order valence-electron chi connectivity index (χ3n) is 5.53. The number of carbonyl (C=O) groups excluding carboxylic acids is 2. The molecule has 2 atom stereocenters. The van der Waals surface area contributed by atoms with Crippen molar-refractivity contribution in [3.05, 3.63) is 24.0 Å². The maximum atomic E-state index is 13.2. The van der Waals surface area contributed by atoms with Crippen LogP contribution in [-0.2, 0) is 19.1 Å². The zero-order valence-electron chi connectivity index (χ0n) is 19.2. The van der Waals surface area contributed by atoms with E-state index in [1.165, 1.54) is 18.6 Å². The number of fused-ring (bicyclic) bond motifs is 1. The molecule has 1 N–H and O–H groups in total. The lowest BCUT2D eigenvalue weighted by molar-refractivity contribution is -0.146. The van der Waals surface area contributed by atoms with Gasteiger partial charge in [-0.15, -0.1) is 12.4 Å². The lowest BCUT2D eigenvalue weighted by atomic mass is 10.0. The van der Waals surface area contributed by atoms with E-state index in [1.807, 2.05) is 11.8 Å². The van der Waals surface area contributed by atoms with Crippen LogP contribution in [0.5, 0.6) is 0 Å². The van der Waals surface area contributed by atoms with Crippen LogP contribution < -0.4 is 10.2 Å². The monoisotopic (exact) mass is 485 g/mol. The highest BCUT2D eigenvalue weighted by Crippen LogP contribution is 2.28. The first-order valence-corrected chi connectivity index (χ1v) is 11.4. The third kappa shape index (κ3) is 7.30. The number of ether oxygens (including phenoxy) is 2. The van der Waals surface area contributed by atoms with Gasteiger partial charge in [0.15, 0.2) is 5.58 Å². The molecule has 1 aromatic carbocycles. The number of benzene rings is 1. The van der Waals surface area contributed by atoms with Crippen molar-refractivity contribution < 1.29 is 27.9 Å². The Morgan fingerprint density at radius 3 is 2.55 bits per heavy atom. The predicted molar refractivity (Wildman–Crippen MR) is 125 cm³/mol. The standard InChI is InChI=1S/C15H17FN2O3.C8H15NO2.ClH/c1-2-20-14(19)12-5-3-4-8-18(12)15-17-11-9-10(16)6-7-13(11)21-15;1-2-11-8(10)7-5-3-4-6-9-7;/h6-7,9,12H,2-5,8H2,1H3;7,9H,2-6H2,1H3;1H/t12-;7-;/m00./s1. The fourth-order valence-corrected chi connectivity index (χ4v) is 3.95. The second kappa shape index (κ2) is 13.3. The number of hydrogen-bond donors (Lipinski definition) is 1. The van der Waals surface area contributed by atoms with Crippen molar-refractivity contribution >= 4 is 41.5 Å². The molecule has 0 saturated carbocycles. The van der Waals surface area contributed by atoms with Gasteiger partial charge in [-0.3, -0.25) is 4.79 Å². The summed E-state index contributed by atoms with van der Waals surface area (Å²) in [5.74, 6) is -0.708. The van der Waals surface area contributed by atoms with E-state index in [0.717, 1.165) is 32.2 Å². The quantitative estimate of drug-likeness (QED) is 0.635. The molecule has 2 aromatic rings. The van der Waals surface area contributed by atoms with Crippen LogP contribution in [0.25, 0.3) is 11.1 Å². The number of nitrogens with zero attached hydrogens (tertiary/aromatic N) is 2. The summed E-state index contributed by atoms with van der Waals surface area (Å²) in [6.07, 6.45) is 5.88. The van der Waals surface area contributed by atoms with E-state index in [4.69, 9.17) is 13.9 Å². The molecule has 8 nitrogen and oxygen atoms in total. The van der Waals surface area contributed by atoms with E-state index in [-0.39, 0.29) is 42.2 Å². The molecule has 1 aromatic heterocycles. The number of nitrogens with one attached hydrogen (secondary N) is 1. The fraction of sp³-hybridized carbons (Fsp3) is 0.609. The molecule has 0 radical (unpaired) electrons. The van der Waals surface area contributed by atoms with Gasteiger partial charge in [0.2, 0.25) is 0 Å². The number of piperidine rings is 2. The maximum Gasteiger partial charge on any atom is 0.328 e. The van der Waals surface area contributed by atoms with Crippen LogP contribution in [0, 0.1) is 5.82 Å². The van der Waals surface area contributed by atoms with E-state index in [1.54, 1.807) is 13.0 Å². The van der Waals surface area contributed by atoms with Crippen LogP contribution in [0.15, 0.2) is 22.6 Å². The largest absolute Gasteiger partial charge is 0.465 e. The summed E-state index contributed by atoms with van der Waals surface area (Å²) in [6, 6.07) is 4.14. The second-order valence-corrected chi connectivity index (χ2v) is 7.82. The minimum atomic E-state index is -0.378. The van der Waals surface area contributed by atoms with Crippen LogP contribution in [0.2, 0.25) is 0 Å². The van der Waals surface area contributed by atoms with Crippen LogP contribution in [0.1, 0.15) is 52.4 Å².